The van der Waals surface area contributed by atoms with Gasteiger partial charge in [-0.15, -0.1) is 0 Å². The molecule has 0 spiro atoms. The van der Waals surface area contributed by atoms with Gasteiger partial charge in [0.2, 0.25) is 0 Å². The van der Waals surface area contributed by atoms with Crippen molar-refractivity contribution in [1.82, 2.24) is 0 Å². The molecule has 0 saturated heterocycles. The van der Waals surface area contributed by atoms with Gasteiger partial charge in [0.15, 0.2) is 6.73 Å². The lowest BCUT2D eigenvalue weighted by atomic mass is 9.98. The SMILES string of the molecule is CCCCc1cc(=O)oc2c(C)c3c(cc12)CN(c1ccc(C)c(C)c1)CO3. The van der Waals surface area contributed by atoms with Crippen LogP contribution in [0.5, 0.6) is 5.75 Å². The molecule has 2 heterocycles. The summed E-state index contributed by atoms with van der Waals surface area (Å²) >= 11 is 0. The number of nitrogens with zero attached hydrogens (tertiary/aromatic N) is 1. The minimum atomic E-state index is -0.283. The van der Waals surface area contributed by atoms with E-state index in [0.29, 0.717) is 12.3 Å². The van der Waals surface area contributed by atoms with Crippen molar-refractivity contribution in [3.05, 3.63) is 68.6 Å². The van der Waals surface area contributed by atoms with Gasteiger partial charge >= 0.3 is 5.63 Å². The second-order valence-corrected chi connectivity index (χ2v) is 7.80. The van der Waals surface area contributed by atoms with Crippen LogP contribution in [-0.2, 0) is 13.0 Å². The van der Waals surface area contributed by atoms with Crippen LogP contribution in [-0.4, -0.2) is 6.73 Å². The molecule has 1 aliphatic rings. The van der Waals surface area contributed by atoms with E-state index in [4.69, 9.17) is 9.15 Å². The van der Waals surface area contributed by atoms with Crippen molar-refractivity contribution in [2.75, 3.05) is 11.6 Å². The molecule has 0 saturated carbocycles. The van der Waals surface area contributed by atoms with Gasteiger partial charge < -0.3 is 14.1 Å². The fraction of sp³-hybridized carbons (Fsp3) is 0.375. The molecule has 2 aromatic carbocycles. The Morgan fingerprint density at radius 1 is 1.07 bits per heavy atom. The second kappa shape index (κ2) is 7.34. The third kappa shape index (κ3) is 3.28. The molecular formula is C24H27NO3. The molecule has 0 radical (unpaired) electrons. The van der Waals surface area contributed by atoms with Gasteiger partial charge in [0, 0.05) is 34.8 Å². The van der Waals surface area contributed by atoms with Crippen LogP contribution in [0, 0.1) is 20.8 Å². The Morgan fingerprint density at radius 3 is 2.64 bits per heavy atom. The first-order chi connectivity index (χ1) is 13.5. The number of benzene rings is 2. The lowest BCUT2D eigenvalue weighted by Gasteiger charge is -2.32. The van der Waals surface area contributed by atoms with Crippen molar-refractivity contribution in [2.24, 2.45) is 0 Å². The smallest absolute Gasteiger partial charge is 0.336 e. The molecule has 146 valence electrons. The van der Waals surface area contributed by atoms with Crippen molar-refractivity contribution in [2.45, 2.75) is 53.5 Å². The Balaban J connectivity index is 1.78. The molecule has 0 unspecified atom stereocenters. The zero-order chi connectivity index (χ0) is 19.8. The van der Waals surface area contributed by atoms with Crippen LogP contribution in [0.25, 0.3) is 11.0 Å². The van der Waals surface area contributed by atoms with Crippen LogP contribution in [0.15, 0.2) is 39.5 Å². The van der Waals surface area contributed by atoms with Crippen LogP contribution >= 0.6 is 0 Å². The zero-order valence-corrected chi connectivity index (χ0v) is 17.1. The van der Waals surface area contributed by atoms with Gasteiger partial charge in [-0.3, -0.25) is 0 Å². The minimum absolute atomic E-state index is 0.283. The fourth-order valence-corrected chi connectivity index (χ4v) is 3.95. The van der Waals surface area contributed by atoms with Gasteiger partial charge in [-0.05, 0) is 68.5 Å². The number of hydrogen-bond donors (Lipinski definition) is 0. The molecule has 0 N–H and O–H groups in total. The van der Waals surface area contributed by atoms with Crippen LogP contribution in [0.2, 0.25) is 0 Å². The topological polar surface area (TPSA) is 42.7 Å². The van der Waals surface area contributed by atoms with E-state index in [0.717, 1.165) is 59.3 Å². The molecule has 0 aliphatic carbocycles. The molecule has 4 rings (SSSR count). The molecule has 0 bridgehead atoms. The Morgan fingerprint density at radius 2 is 1.89 bits per heavy atom. The highest BCUT2D eigenvalue weighted by molar-refractivity contribution is 5.86. The highest BCUT2D eigenvalue weighted by Gasteiger charge is 2.23. The summed E-state index contributed by atoms with van der Waals surface area (Å²) in [6, 6.07) is 10.3. The number of unbranched alkanes of at least 4 members (excludes halogenated alkanes) is 1. The maximum atomic E-state index is 12.1. The van der Waals surface area contributed by atoms with Crippen LogP contribution in [0.1, 0.15) is 47.6 Å². The van der Waals surface area contributed by atoms with E-state index in [1.54, 1.807) is 6.07 Å². The number of anilines is 1. The Hall–Kier alpha value is -2.75. The maximum Gasteiger partial charge on any atom is 0.336 e. The lowest BCUT2D eigenvalue weighted by Crippen LogP contribution is -2.32. The maximum absolute atomic E-state index is 12.1. The van der Waals surface area contributed by atoms with E-state index in [1.807, 2.05) is 6.92 Å². The fourth-order valence-electron chi connectivity index (χ4n) is 3.95. The molecular weight excluding hydrogens is 350 g/mol. The van der Waals surface area contributed by atoms with Crippen LogP contribution in [0.4, 0.5) is 5.69 Å². The van der Waals surface area contributed by atoms with Crippen molar-refractivity contribution in [3.8, 4) is 5.75 Å². The van der Waals surface area contributed by atoms with Gasteiger partial charge in [0.1, 0.15) is 11.3 Å². The number of rotatable bonds is 4. The summed E-state index contributed by atoms with van der Waals surface area (Å²) in [7, 11) is 0. The van der Waals surface area contributed by atoms with E-state index in [9.17, 15) is 4.79 Å². The Kier molecular flexibility index (Phi) is 4.88. The average molecular weight is 377 g/mol. The summed E-state index contributed by atoms with van der Waals surface area (Å²) in [4.78, 5) is 14.3. The lowest BCUT2D eigenvalue weighted by molar-refractivity contribution is 0.287. The Labute approximate surface area is 165 Å². The summed E-state index contributed by atoms with van der Waals surface area (Å²) in [5.41, 5.74) is 7.25. The molecule has 28 heavy (non-hydrogen) atoms. The van der Waals surface area contributed by atoms with E-state index < -0.39 is 0 Å². The number of ether oxygens (including phenoxy) is 1. The van der Waals surface area contributed by atoms with Crippen LogP contribution in [0.3, 0.4) is 0 Å². The molecule has 4 nitrogen and oxygen atoms in total. The first-order valence-electron chi connectivity index (χ1n) is 10.0. The molecule has 0 atom stereocenters. The first kappa shape index (κ1) is 18.6. The standard InChI is InChI=1S/C24H27NO3/c1-5-6-7-18-12-22(26)28-24-17(4)23-19(11-21(18)24)13-25(14-27-23)20-9-8-15(2)16(3)10-20/h8-12H,5-7,13-14H2,1-4H3. The number of hydrogen-bond acceptors (Lipinski definition) is 4. The summed E-state index contributed by atoms with van der Waals surface area (Å²) in [5, 5.41) is 1.04. The van der Waals surface area contributed by atoms with Crippen molar-refractivity contribution >= 4 is 16.7 Å². The van der Waals surface area contributed by atoms with E-state index >= 15 is 0 Å². The first-order valence-corrected chi connectivity index (χ1v) is 10.0. The molecule has 3 aromatic rings. The summed E-state index contributed by atoms with van der Waals surface area (Å²) < 4.78 is 11.7. The van der Waals surface area contributed by atoms with Gasteiger partial charge in [-0.2, -0.15) is 0 Å². The second-order valence-electron chi connectivity index (χ2n) is 7.80. The van der Waals surface area contributed by atoms with Gasteiger partial charge in [0.25, 0.3) is 0 Å². The molecule has 0 amide bonds. The molecule has 1 aromatic heterocycles. The predicted octanol–water partition coefficient (Wildman–Crippen LogP) is 5.42. The minimum Gasteiger partial charge on any atom is -0.472 e. The average Bonchev–Trinajstić information content (AvgIpc) is 2.69. The van der Waals surface area contributed by atoms with Gasteiger partial charge in [0.05, 0.1) is 0 Å². The van der Waals surface area contributed by atoms with Gasteiger partial charge in [-0.25, -0.2) is 4.79 Å². The number of fused-ring (bicyclic) bond motifs is 2. The van der Waals surface area contributed by atoms with E-state index in [-0.39, 0.29) is 5.63 Å². The van der Waals surface area contributed by atoms with Crippen LogP contribution < -0.4 is 15.3 Å². The van der Waals surface area contributed by atoms with Crippen molar-refractivity contribution < 1.29 is 9.15 Å². The van der Waals surface area contributed by atoms with E-state index in [2.05, 4.69) is 49.9 Å². The summed E-state index contributed by atoms with van der Waals surface area (Å²) in [6.07, 6.45) is 3.04. The van der Waals surface area contributed by atoms with Crippen molar-refractivity contribution in [3.63, 3.8) is 0 Å². The quantitative estimate of drug-likeness (QED) is 0.570. The largest absolute Gasteiger partial charge is 0.472 e. The Bertz CT molecular complexity index is 1100. The molecule has 0 fully saturated rings. The summed E-state index contributed by atoms with van der Waals surface area (Å²) in [5.74, 6) is 0.850. The highest BCUT2D eigenvalue weighted by atomic mass is 16.5. The van der Waals surface area contributed by atoms with Crippen molar-refractivity contribution in [1.29, 1.82) is 0 Å². The predicted molar refractivity (Wildman–Crippen MR) is 113 cm³/mol. The van der Waals surface area contributed by atoms with E-state index in [1.165, 1.54) is 11.1 Å². The normalized spacial score (nSPS) is 13.5. The number of aryl methyl sites for hydroxylation is 4. The zero-order valence-electron chi connectivity index (χ0n) is 17.1. The summed E-state index contributed by atoms with van der Waals surface area (Å²) in [6.45, 7) is 9.68. The molecule has 1 aliphatic heterocycles. The highest BCUT2D eigenvalue weighted by Crippen LogP contribution is 2.37. The third-order valence-electron chi connectivity index (χ3n) is 5.76. The van der Waals surface area contributed by atoms with Gasteiger partial charge in [-0.1, -0.05) is 19.4 Å². The molecule has 4 heteroatoms. The monoisotopic (exact) mass is 377 g/mol. The third-order valence-corrected chi connectivity index (χ3v) is 5.76.